The molecule has 4 saturated carbocycles. The number of methoxy groups -OCH3 is 1. The number of likely N-dealkylation sites (tertiary alicyclic amines) is 1. The van der Waals surface area contributed by atoms with Crippen molar-refractivity contribution in [1.82, 2.24) is 10.2 Å². The van der Waals surface area contributed by atoms with Crippen LogP contribution in [0, 0.1) is 24.2 Å². The number of hydrogen-bond acceptors (Lipinski definition) is 4. The minimum atomic E-state index is -0.214. The van der Waals surface area contributed by atoms with Crippen LogP contribution in [0.2, 0.25) is 0 Å². The van der Waals surface area contributed by atoms with Crippen molar-refractivity contribution in [2.45, 2.75) is 81.6 Å². The van der Waals surface area contributed by atoms with Crippen LogP contribution in [-0.2, 0) is 23.1 Å². The summed E-state index contributed by atoms with van der Waals surface area (Å²) in [5, 5.41) is 3.85. The average Bonchev–Trinajstić information content (AvgIpc) is 3.64. The Morgan fingerprint density at radius 1 is 1.08 bits per heavy atom. The Balaban J connectivity index is 1.22. The fourth-order valence-electron chi connectivity index (χ4n) is 9.92. The molecule has 4 heteroatoms. The second-order valence-electron chi connectivity index (χ2n) is 13.0. The summed E-state index contributed by atoms with van der Waals surface area (Å²) in [6.07, 6.45) is 9.13. The smallest absolute Gasteiger partial charge is 0.138 e. The van der Waals surface area contributed by atoms with Gasteiger partial charge in [0.25, 0.3) is 0 Å². The lowest BCUT2D eigenvalue weighted by Gasteiger charge is -2.74. The van der Waals surface area contributed by atoms with Crippen molar-refractivity contribution < 1.29 is 9.47 Å². The summed E-state index contributed by atoms with van der Waals surface area (Å²) in [6, 6.07) is 16.2. The maximum absolute atomic E-state index is 7.18. The second-order valence-corrected chi connectivity index (χ2v) is 13.0. The van der Waals surface area contributed by atoms with E-state index in [9.17, 15) is 0 Å². The van der Waals surface area contributed by atoms with E-state index in [1.54, 1.807) is 11.1 Å². The molecular formula is C32H40N2O2. The Labute approximate surface area is 215 Å². The van der Waals surface area contributed by atoms with Crippen LogP contribution in [0.3, 0.4) is 0 Å². The number of benzene rings is 2. The lowest BCUT2D eigenvalue weighted by atomic mass is 9.35. The first-order chi connectivity index (χ1) is 17.6. The molecule has 1 saturated heterocycles. The van der Waals surface area contributed by atoms with Gasteiger partial charge in [-0.3, -0.25) is 4.90 Å². The first kappa shape index (κ1) is 22.1. The molecular weight excluding hydrogens is 444 g/mol. The number of piperidine rings is 1. The third-order valence-electron chi connectivity index (χ3n) is 11.6. The average molecular weight is 485 g/mol. The molecule has 5 fully saturated rings. The molecule has 2 aromatic carbocycles. The van der Waals surface area contributed by atoms with Crippen LogP contribution < -0.4 is 10.1 Å². The van der Waals surface area contributed by atoms with Gasteiger partial charge in [0.2, 0.25) is 0 Å². The number of aryl methyl sites for hydroxylation is 1. The molecule has 4 nitrogen and oxygen atoms in total. The van der Waals surface area contributed by atoms with Crippen molar-refractivity contribution in [3.8, 4) is 5.75 Å². The summed E-state index contributed by atoms with van der Waals surface area (Å²) < 4.78 is 13.9. The van der Waals surface area contributed by atoms with Crippen LogP contribution in [0.1, 0.15) is 60.8 Å². The molecule has 36 heavy (non-hydrogen) atoms. The van der Waals surface area contributed by atoms with E-state index >= 15 is 0 Å². The first-order valence-electron chi connectivity index (χ1n) is 14.4. The predicted octanol–water partition coefficient (Wildman–Crippen LogP) is 5.01. The molecule has 190 valence electrons. The maximum Gasteiger partial charge on any atom is 0.138 e. The Morgan fingerprint density at radius 3 is 2.75 bits per heavy atom. The minimum absolute atomic E-state index is 0.122. The van der Waals surface area contributed by atoms with Crippen molar-refractivity contribution >= 4 is 0 Å². The number of nitrogens with one attached hydrogen (secondary N) is 1. The summed E-state index contributed by atoms with van der Waals surface area (Å²) in [5.41, 5.74) is 6.06. The van der Waals surface area contributed by atoms with Gasteiger partial charge in [-0.15, -0.1) is 0 Å². The lowest BCUT2D eigenvalue weighted by molar-refractivity contribution is -0.276. The van der Waals surface area contributed by atoms with Crippen LogP contribution in [0.25, 0.3) is 0 Å². The molecule has 5 aliphatic carbocycles. The highest BCUT2D eigenvalue weighted by Gasteiger charge is 2.80. The highest BCUT2D eigenvalue weighted by atomic mass is 16.6. The summed E-state index contributed by atoms with van der Waals surface area (Å²) in [4.78, 5) is 2.94. The molecule has 0 radical (unpaired) electrons. The number of fused-ring (bicyclic) bond motifs is 2. The summed E-state index contributed by atoms with van der Waals surface area (Å²) in [6.45, 7) is 6.71. The SMILES string of the molecule is COC12CC[C@@]3(C[C@H]1CNCc1ccccc1)[C@H]1Cc4ccc(C)c5c4[C@@]3(CCN1CC1CC1)[C@H]2O5. The third kappa shape index (κ3) is 2.66. The van der Waals surface area contributed by atoms with E-state index in [0.29, 0.717) is 17.4 Å². The van der Waals surface area contributed by atoms with E-state index in [2.05, 4.69) is 59.6 Å². The number of hydrogen-bond donors (Lipinski definition) is 1. The highest BCUT2D eigenvalue weighted by molar-refractivity contribution is 5.61. The Hall–Kier alpha value is -1.88. The number of rotatable bonds is 7. The third-order valence-corrected chi connectivity index (χ3v) is 11.6. The van der Waals surface area contributed by atoms with Crippen LogP contribution in [0.4, 0.5) is 0 Å². The minimum Gasteiger partial charge on any atom is -0.486 e. The summed E-state index contributed by atoms with van der Waals surface area (Å²) in [5.74, 6) is 2.63. The van der Waals surface area contributed by atoms with E-state index in [1.807, 2.05) is 7.11 Å². The molecule has 4 bridgehead atoms. The van der Waals surface area contributed by atoms with Gasteiger partial charge in [0.05, 0.1) is 0 Å². The van der Waals surface area contributed by atoms with Gasteiger partial charge in [0.15, 0.2) is 0 Å². The zero-order valence-electron chi connectivity index (χ0n) is 21.9. The quantitative estimate of drug-likeness (QED) is 0.599. The zero-order chi connectivity index (χ0) is 24.1. The topological polar surface area (TPSA) is 33.7 Å². The van der Waals surface area contributed by atoms with E-state index in [-0.39, 0.29) is 17.1 Å². The second kappa shape index (κ2) is 7.58. The van der Waals surface area contributed by atoms with E-state index in [1.165, 1.54) is 68.5 Å². The van der Waals surface area contributed by atoms with Crippen molar-refractivity contribution in [3.63, 3.8) is 0 Å². The highest BCUT2D eigenvalue weighted by Crippen LogP contribution is 2.76. The maximum atomic E-state index is 7.18. The first-order valence-corrected chi connectivity index (χ1v) is 14.4. The van der Waals surface area contributed by atoms with E-state index < -0.39 is 0 Å². The van der Waals surface area contributed by atoms with Gasteiger partial charge >= 0.3 is 0 Å². The van der Waals surface area contributed by atoms with Crippen molar-refractivity contribution in [1.29, 1.82) is 0 Å². The normalized spacial score (nSPS) is 39.7. The molecule has 2 heterocycles. The van der Waals surface area contributed by atoms with Gasteiger partial charge in [0, 0.05) is 55.1 Å². The van der Waals surface area contributed by atoms with Crippen LogP contribution in [0.5, 0.6) is 5.75 Å². The van der Waals surface area contributed by atoms with Gasteiger partial charge in [-0.1, -0.05) is 42.5 Å². The van der Waals surface area contributed by atoms with Crippen LogP contribution in [-0.4, -0.2) is 49.4 Å². The Kier molecular flexibility index (Phi) is 4.66. The fraction of sp³-hybridized carbons (Fsp3) is 0.625. The molecule has 1 N–H and O–H groups in total. The molecule has 2 aromatic rings. The van der Waals surface area contributed by atoms with Crippen LogP contribution >= 0.6 is 0 Å². The molecule has 6 atom stereocenters. The summed E-state index contributed by atoms with van der Waals surface area (Å²) >= 11 is 0. The largest absolute Gasteiger partial charge is 0.486 e. The van der Waals surface area contributed by atoms with Gasteiger partial charge in [0.1, 0.15) is 17.5 Å². The Morgan fingerprint density at radius 2 is 1.94 bits per heavy atom. The number of nitrogens with zero attached hydrogens (tertiary/aromatic N) is 1. The van der Waals surface area contributed by atoms with Crippen molar-refractivity contribution in [2.24, 2.45) is 17.3 Å². The van der Waals surface area contributed by atoms with Crippen LogP contribution in [0.15, 0.2) is 42.5 Å². The lowest BCUT2D eigenvalue weighted by Crippen LogP contribution is -2.81. The van der Waals surface area contributed by atoms with E-state index in [0.717, 1.165) is 25.4 Å². The molecule has 9 rings (SSSR count). The molecule has 2 aliphatic heterocycles. The summed E-state index contributed by atoms with van der Waals surface area (Å²) in [7, 11) is 1.97. The monoisotopic (exact) mass is 484 g/mol. The Bertz CT molecular complexity index is 1190. The molecule has 0 aromatic heterocycles. The molecule has 7 aliphatic rings. The van der Waals surface area contributed by atoms with E-state index in [4.69, 9.17) is 9.47 Å². The molecule has 1 unspecified atom stereocenters. The van der Waals surface area contributed by atoms with Gasteiger partial charge < -0.3 is 14.8 Å². The van der Waals surface area contributed by atoms with Gasteiger partial charge in [-0.25, -0.2) is 0 Å². The van der Waals surface area contributed by atoms with Crippen molar-refractivity contribution in [3.05, 3.63) is 64.7 Å². The van der Waals surface area contributed by atoms with Crippen molar-refractivity contribution in [2.75, 3.05) is 26.7 Å². The molecule has 0 amide bonds. The van der Waals surface area contributed by atoms with Gasteiger partial charge in [-0.2, -0.15) is 0 Å². The van der Waals surface area contributed by atoms with Gasteiger partial charge in [-0.05, 0) is 81.0 Å². The molecule has 2 spiro atoms. The standard InChI is InChI=1S/C32H40N2O2/c1-21-8-11-24-16-26-30-12-13-32(35-2,25(17-30)19-33-18-22-6-4-3-5-7-22)29-31(30,27(24)28(21)36-29)14-15-34(26)20-23-9-10-23/h3-8,11,23,25-26,29,33H,9-10,12-20H2,1-2H3/t25-,26+,29+,30+,31-,32?/m0/s1. The predicted molar refractivity (Wildman–Crippen MR) is 141 cm³/mol. The number of ether oxygens (including phenoxy) is 2. The zero-order valence-corrected chi connectivity index (χ0v) is 21.9. The fourth-order valence-corrected chi connectivity index (χ4v) is 9.92.